The molecule has 0 aromatic heterocycles. The molecule has 5 heteroatoms. The Morgan fingerprint density at radius 1 is 0.931 bits per heavy atom. The molecule has 0 spiro atoms. The van der Waals surface area contributed by atoms with Crippen molar-refractivity contribution in [3.8, 4) is 0 Å². The van der Waals surface area contributed by atoms with Gasteiger partial charge in [-0.05, 0) is 51.0 Å². The van der Waals surface area contributed by atoms with E-state index in [1.165, 1.54) is 10.5 Å². The fourth-order valence-corrected chi connectivity index (χ4v) is 4.11. The average molecular weight is 395 g/mol. The number of carbonyl (C=O) groups is 2. The molecule has 1 aliphatic rings. The van der Waals surface area contributed by atoms with Gasteiger partial charge in [0.1, 0.15) is 0 Å². The summed E-state index contributed by atoms with van der Waals surface area (Å²) in [6.07, 6.45) is 1.78. The highest BCUT2D eigenvalue weighted by atomic mass is 16.2. The minimum atomic E-state index is -0.0125. The van der Waals surface area contributed by atoms with Crippen LogP contribution in [0.1, 0.15) is 45.5 Å². The fraction of sp³-hybridized carbons (Fsp3) is 0.417. The van der Waals surface area contributed by atoms with E-state index in [-0.39, 0.29) is 17.9 Å². The van der Waals surface area contributed by atoms with Crippen molar-refractivity contribution in [1.29, 1.82) is 0 Å². The molecule has 3 N–H and O–H groups in total. The smallest absolute Gasteiger partial charge is 0.279 e. The number of hydrogen-bond acceptors (Lipinski definition) is 2. The quantitative estimate of drug-likeness (QED) is 0.729. The van der Waals surface area contributed by atoms with E-state index >= 15 is 0 Å². The Kier molecular flexibility index (Phi) is 6.70. The number of rotatable bonds is 5. The van der Waals surface area contributed by atoms with Crippen LogP contribution in [-0.2, 0) is 4.79 Å². The predicted molar refractivity (Wildman–Crippen MR) is 117 cm³/mol. The van der Waals surface area contributed by atoms with Gasteiger partial charge in [-0.3, -0.25) is 9.59 Å². The molecule has 0 radical (unpaired) electrons. The van der Waals surface area contributed by atoms with Crippen LogP contribution in [0.15, 0.2) is 36.4 Å². The van der Waals surface area contributed by atoms with Crippen molar-refractivity contribution in [3.63, 3.8) is 0 Å². The molecule has 0 unspecified atom stereocenters. The highest BCUT2D eigenvalue weighted by Gasteiger charge is 2.25. The molecule has 3 rings (SSSR count). The van der Waals surface area contributed by atoms with Crippen LogP contribution in [0.25, 0.3) is 0 Å². The Balaban J connectivity index is 1.46. The summed E-state index contributed by atoms with van der Waals surface area (Å²) in [4.78, 5) is 26.2. The first-order valence-corrected chi connectivity index (χ1v) is 10.4. The lowest BCUT2D eigenvalue weighted by molar-refractivity contribution is -0.897. The van der Waals surface area contributed by atoms with Gasteiger partial charge < -0.3 is 15.5 Å². The van der Waals surface area contributed by atoms with E-state index in [1.807, 2.05) is 45.0 Å². The van der Waals surface area contributed by atoms with Gasteiger partial charge >= 0.3 is 0 Å². The molecule has 29 heavy (non-hydrogen) atoms. The minimum Gasteiger partial charge on any atom is -0.349 e. The van der Waals surface area contributed by atoms with Gasteiger partial charge in [0.25, 0.3) is 11.8 Å². The van der Waals surface area contributed by atoms with E-state index in [2.05, 4.69) is 29.7 Å². The maximum absolute atomic E-state index is 12.5. The van der Waals surface area contributed by atoms with Crippen molar-refractivity contribution in [3.05, 3.63) is 64.2 Å². The molecule has 2 aromatic carbocycles. The lowest BCUT2D eigenvalue weighted by Gasteiger charge is -2.29. The van der Waals surface area contributed by atoms with Crippen molar-refractivity contribution in [2.75, 3.05) is 25.0 Å². The molecular weight excluding hydrogens is 362 g/mol. The summed E-state index contributed by atoms with van der Waals surface area (Å²) in [6, 6.07) is 12.0. The highest BCUT2D eigenvalue weighted by molar-refractivity contribution is 5.94. The largest absolute Gasteiger partial charge is 0.349 e. The number of carbonyl (C=O) groups excluding carboxylic acids is 2. The van der Waals surface area contributed by atoms with Crippen LogP contribution in [0.5, 0.6) is 0 Å². The maximum atomic E-state index is 12.5. The summed E-state index contributed by atoms with van der Waals surface area (Å²) in [7, 11) is 0. The zero-order valence-corrected chi connectivity index (χ0v) is 17.9. The third-order valence-corrected chi connectivity index (χ3v) is 5.69. The molecular formula is C24H32N3O2+. The second-order valence-corrected chi connectivity index (χ2v) is 8.36. The van der Waals surface area contributed by atoms with Crippen molar-refractivity contribution < 1.29 is 14.5 Å². The van der Waals surface area contributed by atoms with E-state index in [1.54, 1.807) is 0 Å². The Labute approximate surface area is 173 Å². The number of likely N-dealkylation sites (tertiary alicyclic amines) is 1. The summed E-state index contributed by atoms with van der Waals surface area (Å²) in [5, 5.41) is 6.23. The van der Waals surface area contributed by atoms with Crippen molar-refractivity contribution in [2.24, 2.45) is 0 Å². The van der Waals surface area contributed by atoms with Crippen molar-refractivity contribution in [2.45, 2.75) is 46.6 Å². The first-order chi connectivity index (χ1) is 13.8. The third-order valence-electron chi connectivity index (χ3n) is 5.69. The van der Waals surface area contributed by atoms with Gasteiger partial charge in [0.2, 0.25) is 0 Å². The number of piperidine rings is 1. The van der Waals surface area contributed by atoms with E-state index in [0.29, 0.717) is 12.1 Å². The fourth-order valence-electron chi connectivity index (χ4n) is 4.11. The normalized spacial score (nSPS) is 18.9. The van der Waals surface area contributed by atoms with Crippen LogP contribution < -0.4 is 15.5 Å². The van der Waals surface area contributed by atoms with Gasteiger partial charge in [-0.25, -0.2) is 0 Å². The molecule has 0 saturated carbocycles. The lowest BCUT2D eigenvalue weighted by Crippen LogP contribution is -3.14. The van der Waals surface area contributed by atoms with Crippen molar-refractivity contribution in [1.82, 2.24) is 5.32 Å². The number of nitrogens with one attached hydrogen (secondary N) is 3. The number of hydrogen-bond donors (Lipinski definition) is 3. The van der Waals surface area contributed by atoms with Crippen LogP contribution in [-0.4, -0.2) is 37.5 Å². The first kappa shape index (κ1) is 21.1. The summed E-state index contributed by atoms with van der Waals surface area (Å²) >= 11 is 0. The highest BCUT2D eigenvalue weighted by Crippen LogP contribution is 2.21. The predicted octanol–water partition coefficient (Wildman–Crippen LogP) is 2.34. The van der Waals surface area contributed by atoms with E-state index in [0.717, 1.165) is 48.3 Å². The SMILES string of the molecule is Cc1ccc(C(=O)NC2CC[NH+](CC(=O)Nc3c(C)cc(C)cc3C)CC2)cc1. The van der Waals surface area contributed by atoms with Crippen LogP contribution in [0.2, 0.25) is 0 Å². The van der Waals surface area contributed by atoms with E-state index in [9.17, 15) is 9.59 Å². The van der Waals surface area contributed by atoms with Gasteiger partial charge in [0, 0.05) is 30.1 Å². The zero-order chi connectivity index (χ0) is 21.0. The number of benzene rings is 2. The molecule has 2 aromatic rings. The zero-order valence-electron chi connectivity index (χ0n) is 17.9. The molecule has 154 valence electrons. The summed E-state index contributed by atoms with van der Waals surface area (Å²) in [5.41, 5.74) is 6.19. The van der Waals surface area contributed by atoms with Gasteiger partial charge in [-0.15, -0.1) is 0 Å². The Morgan fingerprint density at radius 3 is 2.10 bits per heavy atom. The van der Waals surface area contributed by atoms with Crippen LogP contribution in [0, 0.1) is 27.7 Å². The van der Waals surface area contributed by atoms with E-state index in [4.69, 9.17) is 0 Å². The number of aryl methyl sites for hydroxylation is 4. The number of anilines is 1. The average Bonchev–Trinajstić information content (AvgIpc) is 2.66. The van der Waals surface area contributed by atoms with Crippen LogP contribution in [0.4, 0.5) is 5.69 Å². The van der Waals surface area contributed by atoms with Crippen molar-refractivity contribution >= 4 is 17.5 Å². The Bertz CT molecular complexity index is 858. The van der Waals surface area contributed by atoms with Gasteiger partial charge in [-0.2, -0.15) is 0 Å². The molecule has 1 heterocycles. The van der Waals surface area contributed by atoms with Crippen LogP contribution in [0.3, 0.4) is 0 Å². The monoisotopic (exact) mass is 394 g/mol. The molecule has 0 bridgehead atoms. The van der Waals surface area contributed by atoms with Gasteiger partial charge in [0.05, 0.1) is 13.1 Å². The number of quaternary nitrogens is 1. The maximum Gasteiger partial charge on any atom is 0.279 e. The molecule has 1 saturated heterocycles. The third kappa shape index (κ3) is 5.67. The summed E-state index contributed by atoms with van der Waals surface area (Å²) in [5.74, 6) is 0.0405. The summed E-state index contributed by atoms with van der Waals surface area (Å²) < 4.78 is 0. The molecule has 0 aliphatic carbocycles. The minimum absolute atomic E-state index is 0.0125. The number of amides is 2. The van der Waals surface area contributed by atoms with E-state index < -0.39 is 0 Å². The Hall–Kier alpha value is -2.66. The molecule has 1 aliphatic heterocycles. The second kappa shape index (κ2) is 9.23. The lowest BCUT2D eigenvalue weighted by atomic mass is 10.0. The van der Waals surface area contributed by atoms with Gasteiger partial charge in [-0.1, -0.05) is 35.4 Å². The second-order valence-electron chi connectivity index (χ2n) is 8.36. The molecule has 5 nitrogen and oxygen atoms in total. The standard InChI is InChI=1S/C24H31N3O2/c1-16-5-7-20(8-6-16)24(29)25-21-9-11-27(12-10-21)15-22(28)26-23-18(3)13-17(2)14-19(23)4/h5-8,13-14,21H,9-12,15H2,1-4H3,(H,25,29)(H,26,28)/p+1. The topological polar surface area (TPSA) is 62.6 Å². The molecule has 2 amide bonds. The van der Waals surface area contributed by atoms with Gasteiger partial charge in [0.15, 0.2) is 6.54 Å². The molecule has 0 atom stereocenters. The summed E-state index contributed by atoms with van der Waals surface area (Å²) in [6.45, 7) is 10.4. The Morgan fingerprint density at radius 2 is 1.52 bits per heavy atom. The first-order valence-electron chi connectivity index (χ1n) is 10.4. The molecule has 1 fully saturated rings. The van der Waals surface area contributed by atoms with Crippen LogP contribution >= 0.6 is 0 Å².